The zero-order valence-electron chi connectivity index (χ0n) is 13.3. The van der Waals surface area contributed by atoms with Gasteiger partial charge in [-0.15, -0.1) is 0 Å². The second kappa shape index (κ2) is 12.3. The molecule has 1 atom stereocenters. The minimum atomic E-state index is -0.0752. The van der Waals surface area contributed by atoms with Crippen molar-refractivity contribution in [1.82, 2.24) is 0 Å². The quantitative estimate of drug-likeness (QED) is 0.290. The van der Waals surface area contributed by atoms with Gasteiger partial charge in [0.25, 0.3) is 0 Å². The summed E-state index contributed by atoms with van der Waals surface area (Å²) in [6, 6.07) is 0. The summed E-state index contributed by atoms with van der Waals surface area (Å²) >= 11 is 0. The van der Waals surface area contributed by atoms with Crippen molar-refractivity contribution in [3.8, 4) is 0 Å². The Morgan fingerprint density at radius 3 is 2.32 bits per heavy atom. The van der Waals surface area contributed by atoms with E-state index in [1.54, 1.807) is 0 Å². The van der Waals surface area contributed by atoms with E-state index >= 15 is 0 Å². The molecule has 0 saturated heterocycles. The van der Waals surface area contributed by atoms with Crippen molar-refractivity contribution in [2.75, 3.05) is 0 Å². The van der Waals surface area contributed by atoms with E-state index < -0.39 is 0 Å². The summed E-state index contributed by atoms with van der Waals surface area (Å²) < 4.78 is 5.47. The van der Waals surface area contributed by atoms with Crippen molar-refractivity contribution in [1.29, 1.82) is 0 Å². The van der Waals surface area contributed by atoms with Crippen LogP contribution in [-0.2, 0) is 9.53 Å². The minimum Gasteiger partial charge on any atom is -0.458 e. The SMILES string of the molecule is CCCCCCC/C=C/C(OC(=O)CCC)C(C)C. The predicted octanol–water partition coefficient (Wildman–Crippen LogP) is 5.27. The molecule has 19 heavy (non-hydrogen) atoms. The molecule has 0 spiro atoms. The zero-order chi connectivity index (χ0) is 14.5. The summed E-state index contributed by atoms with van der Waals surface area (Å²) in [6.45, 7) is 8.42. The zero-order valence-corrected chi connectivity index (χ0v) is 13.3. The summed E-state index contributed by atoms with van der Waals surface area (Å²) in [5.74, 6) is 0.269. The van der Waals surface area contributed by atoms with Gasteiger partial charge in [-0.05, 0) is 31.3 Å². The lowest BCUT2D eigenvalue weighted by Crippen LogP contribution is -2.21. The van der Waals surface area contributed by atoms with Gasteiger partial charge in [0.1, 0.15) is 6.10 Å². The molecule has 2 heteroatoms. The molecule has 0 aliphatic rings. The highest BCUT2D eigenvalue weighted by molar-refractivity contribution is 5.69. The van der Waals surface area contributed by atoms with Crippen molar-refractivity contribution in [2.24, 2.45) is 5.92 Å². The Bertz CT molecular complexity index is 244. The normalized spacial score (nSPS) is 13.1. The monoisotopic (exact) mass is 268 g/mol. The Balaban J connectivity index is 3.89. The van der Waals surface area contributed by atoms with Crippen molar-refractivity contribution >= 4 is 5.97 Å². The average Bonchev–Trinajstić information content (AvgIpc) is 2.36. The Kier molecular flexibility index (Phi) is 11.7. The molecule has 0 amide bonds. The van der Waals surface area contributed by atoms with Gasteiger partial charge in [0.05, 0.1) is 0 Å². The van der Waals surface area contributed by atoms with Crippen molar-refractivity contribution in [2.45, 2.75) is 85.2 Å². The number of hydrogen-bond donors (Lipinski definition) is 0. The molecule has 0 heterocycles. The summed E-state index contributed by atoms with van der Waals surface area (Å²) in [5, 5.41) is 0. The topological polar surface area (TPSA) is 26.3 Å². The van der Waals surface area contributed by atoms with Gasteiger partial charge >= 0.3 is 5.97 Å². The van der Waals surface area contributed by atoms with Crippen LogP contribution in [0.4, 0.5) is 0 Å². The first kappa shape index (κ1) is 18.2. The molecule has 0 bridgehead atoms. The highest BCUT2D eigenvalue weighted by atomic mass is 16.5. The lowest BCUT2D eigenvalue weighted by atomic mass is 10.1. The van der Waals surface area contributed by atoms with E-state index in [9.17, 15) is 4.79 Å². The molecule has 1 unspecified atom stereocenters. The smallest absolute Gasteiger partial charge is 0.306 e. The van der Waals surface area contributed by atoms with Gasteiger partial charge in [0.2, 0.25) is 0 Å². The van der Waals surface area contributed by atoms with Gasteiger partial charge in [-0.3, -0.25) is 4.79 Å². The molecule has 112 valence electrons. The largest absolute Gasteiger partial charge is 0.458 e. The van der Waals surface area contributed by atoms with Crippen LogP contribution in [-0.4, -0.2) is 12.1 Å². The molecule has 0 fully saturated rings. The van der Waals surface area contributed by atoms with Crippen LogP contribution >= 0.6 is 0 Å². The standard InChI is InChI=1S/C17H32O2/c1-5-7-8-9-10-11-12-14-16(15(3)4)19-17(18)13-6-2/h12,14-16H,5-11,13H2,1-4H3/b14-12+. The van der Waals surface area contributed by atoms with Gasteiger partial charge in [-0.2, -0.15) is 0 Å². The van der Waals surface area contributed by atoms with Crippen LogP contribution in [0.25, 0.3) is 0 Å². The third-order valence-corrected chi connectivity index (χ3v) is 3.18. The number of esters is 1. The first-order chi connectivity index (χ1) is 9.11. The number of carbonyl (C=O) groups is 1. The van der Waals surface area contributed by atoms with E-state index in [-0.39, 0.29) is 12.1 Å². The summed E-state index contributed by atoms with van der Waals surface area (Å²) in [7, 11) is 0. The van der Waals surface area contributed by atoms with E-state index in [2.05, 4.69) is 32.9 Å². The second-order valence-electron chi connectivity index (χ2n) is 5.58. The number of hydrogen-bond acceptors (Lipinski definition) is 2. The van der Waals surface area contributed by atoms with E-state index in [1.807, 2.05) is 6.92 Å². The Hall–Kier alpha value is -0.790. The fourth-order valence-corrected chi connectivity index (χ4v) is 1.91. The lowest BCUT2D eigenvalue weighted by molar-refractivity contribution is -0.148. The van der Waals surface area contributed by atoms with Crippen LogP contribution in [0.2, 0.25) is 0 Å². The van der Waals surface area contributed by atoms with Gasteiger partial charge in [0, 0.05) is 6.42 Å². The average molecular weight is 268 g/mol. The fraction of sp³-hybridized carbons (Fsp3) is 0.824. The molecule has 0 aliphatic carbocycles. The van der Waals surface area contributed by atoms with Crippen LogP contribution in [0.15, 0.2) is 12.2 Å². The first-order valence-corrected chi connectivity index (χ1v) is 7.97. The maximum absolute atomic E-state index is 11.5. The van der Waals surface area contributed by atoms with E-state index in [1.165, 1.54) is 32.1 Å². The van der Waals surface area contributed by atoms with E-state index in [0.717, 1.165) is 12.8 Å². The minimum absolute atomic E-state index is 0.0605. The Morgan fingerprint density at radius 1 is 1.05 bits per heavy atom. The Morgan fingerprint density at radius 2 is 1.74 bits per heavy atom. The number of allylic oxidation sites excluding steroid dienone is 1. The fourth-order valence-electron chi connectivity index (χ4n) is 1.91. The van der Waals surface area contributed by atoms with Crippen molar-refractivity contribution in [3.05, 3.63) is 12.2 Å². The van der Waals surface area contributed by atoms with Crippen LogP contribution in [0.5, 0.6) is 0 Å². The van der Waals surface area contributed by atoms with Crippen LogP contribution in [0, 0.1) is 5.92 Å². The third kappa shape index (κ3) is 10.8. The highest BCUT2D eigenvalue weighted by Gasteiger charge is 2.14. The van der Waals surface area contributed by atoms with Gasteiger partial charge < -0.3 is 4.74 Å². The second-order valence-corrected chi connectivity index (χ2v) is 5.58. The number of unbranched alkanes of at least 4 members (excludes halogenated alkanes) is 5. The lowest BCUT2D eigenvalue weighted by Gasteiger charge is -2.17. The summed E-state index contributed by atoms with van der Waals surface area (Å²) in [4.78, 5) is 11.5. The summed E-state index contributed by atoms with van der Waals surface area (Å²) in [5.41, 5.74) is 0. The molecule has 2 nitrogen and oxygen atoms in total. The van der Waals surface area contributed by atoms with Crippen LogP contribution in [0.1, 0.15) is 79.1 Å². The van der Waals surface area contributed by atoms with Crippen LogP contribution in [0.3, 0.4) is 0 Å². The van der Waals surface area contributed by atoms with Crippen molar-refractivity contribution < 1.29 is 9.53 Å². The number of rotatable bonds is 11. The molecular weight excluding hydrogens is 236 g/mol. The first-order valence-electron chi connectivity index (χ1n) is 7.97. The molecule has 0 aromatic rings. The maximum atomic E-state index is 11.5. The molecule has 0 saturated carbocycles. The molecule has 0 aliphatic heterocycles. The third-order valence-electron chi connectivity index (χ3n) is 3.18. The van der Waals surface area contributed by atoms with Gasteiger partial charge in [-0.25, -0.2) is 0 Å². The number of carbonyl (C=O) groups excluding carboxylic acids is 1. The summed E-state index contributed by atoms with van der Waals surface area (Å²) in [6.07, 6.45) is 13.2. The molecule has 0 aromatic heterocycles. The Labute approximate surface area is 119 Å². The van der Waals surface area contributed by atoms with E-state index in [4.69, 9.17) is 4.74 Å². The molecule has 0 radical (unpaired) electrons. The van der Waals surface area contributed by atoms with Crippen LogP contribution < -0.4 is 0 Å². The van der Waals surface area contributed by atoms with E-state index in [0.29, 0.717) is 12.3 Å². The molecular formula is C17H32O2. The maximum Gasteiger partial charge on any atom is 0.306 e. The highest BCUT2D eigenvalue weighted by Crippen LogP contribution is 2.12. The molecule has 0 aromatic carbocycles. The predicted molar refractivity (Wildman–Crippen MR) is 82.1 cm³/mol. The van der Waals surface area contributed by atoms with Gasteiger partial charge in [0.15, 0.2) is 0 Å². The molecule has 0 N–H and O–H groups in total. The van der Waals surface area contributed by atoms with Gasteiger partial charge in [-0.1, -0.05) is 59.5 Å². The van der Waals surface area contributed by atoms with Crippen molar-refractivity contribution in [3.63, 3.8) is 0 Å². The molecule has 0 rings (SSSR count). The number of ether oxygens (including phenoxy) is 1.